The number of carbonyl (C=O) groups excluding carboxylic acids is 1. The first-order valence-corrected chi connectivity index (χ1v) is 6.84. The molecule has 0 radical (unpaired) electrons. The number of nitrogens with two attached hydrogens (primary N) is 1. The zero-order valence-electron chi connectivity index (χ0n) is 12.6. The van der Waals surface area contributed by atoms with Gasteiger partial charge in [0, 0.05) is 18.6 Å². The van der Waals surface area contributed by atoms with Crippen LogP contribution in [0.25, 0.3) is 17.0 Å². The van der Waals surface area contributed by atoms with E-state index >= 15 is 0 Å². The number of primary amides is 1. The lowest BCUT2D eigenvalue weighted by Crippen LogP contribution is -2.32. The van der Waals surface area contributed by atoms with Gasteiger partial charge in [0.15, 0.2) is 5.65 Å². The molecular formula is C14H15N7O2. The Hall–Kier alpha value is -3.23. The molecule has 0 saturated heterocycles. The van der Waals surface area contributed by atoms with Gasteiger partial charge in [-0.25, -0.2) is 24.7 Å². The topological polar surface area (TPSA) is 120 Å². The number of nitrogens with zero attached hydrogens (tertiary/aromatic N) is 5. The smallest absolute Gasteiger partial charge is 0.312 e. The van der Waals surface area contributed by atoms with Crippen molar-refractivity contribution in [3.05, 3.63) is 36.7 Å². The molecular weight excluding hydrogens is 298 g/mol. The Bertz CT molecular complexity index is 861. The number of carbonyl (C=O) groups is 1. The number of rotatable bonds is 4. The molecule has 1 unspecified atom stereocenters. The highest BCUT2D eigenvalue weighted by atomic mass is 16.5. The molecule has 0 aromatic carbocycles. The van der Waals surface area contributed by atoms with Crippen LogP contribution >= 0.6 is 0 Å². The summed E-state index contributed by atoms with van der Waals surface area (Å²) in [4.78, 5) is 28.0. The number of nitrogens with one attached hydrogen (secondary N) is 1. The Kier molecular flexibility index (Phi) is 3.75. The van der Waals surface area contributed by atoms with E-state index in [0.29, 0.717) is 28.6 Å². The fourth-order valence-corrected chi connectivity index (χ4v) is 2.20. The van der Waals surface area contributed by atoms with Gasteiger partial charge in [0.05, 0.1) is 24.5 Å². The molecule has 2 amide bonds. The maximum atomic E-state index is 11.0. The number of imidazole rings is 1. The number of aromatic nitrogens is 5. The molecule has 0 aliphatic heterocycles. The molecule has 1 atom stereocenters. The van der Waals surface area contributed by atoms with Gasteiger partial charge >= 0.3 is 6.03 Å². The first-order valence-electron chi connectivity index (χ1n) is 6.84. The van der Waals surface area contributed by atoms with E-state index in [1.807, 2.05) is 0 Å². The summed E-state index contributed by atoms with van der Waals surface area (Å²) >= 11 is 0. The van der Waals surface area contributed by atoms with Crippen molar-refractivity contribution in [1.82, 2.24) is 29.7 Å². The standard InChI is InChI=1S/C14H15N7O2/c1-8(19-14(15)22)9-5-10(18-7-17-9)11-6-21-4-3-16-12(21)13(20-11)23-2/h3-8H,1-2H3,(H3,15,19,22). The summed E-state index contributed by atoms with van der Waals surface area (Å²) in [6, 6.07) is 0.788. The predicted octanol–water partition coefficient (Wildman–Crippen LogP) is 0.924. The van der Waals surface area contributed by atoms with Gasteiger partial charge in [-0.2, -0.15) is 0 Å². The summed E-state index contributed by atoms with van der Waals surface area (Å²) < 4.78 is 7.07. The fraction of sp³-hybridized carbons (Fsp3) is 0.214. The van der Waals surface area contributed by atoms with Crippen molar-refractivity contribution in [3.8, 4) is 17.3 Å². The number of amides is 2. The molecule has 3 heterocycles. The molecule has 118 valence electrons. The van der Waals surface area contributed by atoms with Crippen LogP contribution in [-0.4, -0.2) is 37.5 Å². The minimum Gasteiger partial charge on any atom is -0.478 e. The molecule has 9 heteroatoms. The van der Waals surface area contributed by atoms with E-state index in [2.05, 4.69) is 25.3 Å². The summed E-state index contributed by atoms with van der Waals surface area (Å²) in [6.07, 6.45) is 6.66. The Morgan fingerprint density at radius 2 is 2.17 bits per heavy atom. The molecule has 3 aromatic heterocycles. The van der Waals surface area contributed by atoms with Crippen molar-refractivity contribution in [2.45, 2.75) is 13.0 Å². The van der Waals surface area contributed by atoms with Crippen molar-refractivity contribution >= 4 is 11.7 Å². The van der Waals surface area contributed by atoms with E-state index in [9.17, 15) is 4.79 Å². The van der Waals surface area contributed by atoms with Crippen molar-refractivity contribution in [3.63, 3.8) is 0 Å². The highest BCUT2D eigenvalue weighted by Gasteiger charge is 2.14. The van der Waals surface area contributed by atoms with Crippen molar-refractivity contribution in [1.29, 1.82) is 0 Å². The fourth-order valence-electron chi connectivity index (χ4n) is 2.20. The van der Waals surface area contributed by atoms with Crippen LogP contribution in [0.1, 0.15) is 18.7 Å². The number of methoxy groups -OCH3 is 1. The normalized spacial score (nSPS) is 12.1. The van der Waals surface area contributed by atoms with Gasteiger partial charge in [-0.05, 0) is 13.0 Å². The highest BCUT2D eigenvalue weighted by molar-refractivity contribution is 5.72. The summed E-state index contributed by atoms with van der Waals surface area (Å²) in [5, 5.41) is 2.57. The molecule has 3 aromatic rings. The quantitative estimate of drug-likeness (QED) is 0.739. The van der Waals surface area contributed by atoms with Crippen LogP contribution in [0, 0.1) is 0 Å². The maximum Gasteiger partial charge on any atom is 0.312 e. The zero-order valence-corrected chi connectivity index (χ0v) is 12.6. The molecule has 23 heavy (non-hydrogen) atoms. The summed E-state index contributed by atoms with van der Waals surface area (Å²) in [7, 11) is 1.53. The van der Waals surface area contributed by atoms with E-state index in [-0.39, 0.29) is 6.04 Å². The van der Waals surface area contributed by atoms with Crippen LogP contribution in [0.2, 0.25) is 0 Å². The van der Waals surface area contributed by atoms with Gasteiger partial charge < -0.3 is 20.2 Å². The lowest BCUT2D eigenvalue weighted by atomic mass is 10.2. The molecule has 9 nitrogen and oxygen atoms in total. The average Bonchev–Trinajstić information content (AvgIpc) is 3.02. The number of fused-ring (bicyclic) bond motifs is 1. The number of hydrogen-bond acceptors (Lipinski definition) is 6. The third-order valence-corrected chi connectivity index (χ3v) is 3.29. The monoisotopic (exact) mass is 313 g/mol. The largest absolute Gasteiger partial charge is 0.478 e. The molecule has 0 saturated carbocycles. The number of hydrogen-bond donors (Lipinski definition) is 2. The van der Waals surface area contributed by atoms with Crippen LogP contribution in [-0.2, 0) is 0 Å². The van der Waals surface area contributed by atoms with Crippen LogP contribution in [0.5, 0.6) is 5.88 Å². The molecule has 0 fully saturated rings. The summed E-state index contributed by atoms with van der Waals surface area (Å²) in [5.74, 6) is 0.399. The highest BCUT2D eigenvalue weighted by Crippen LogP contribution is 2.23. The third kappa shape index (κ3) is 2.89. The van der Waals surface area contributed by atoms with Crippen LogP contribution < -0.4 is 15.8 Å². The van der Waals surface area contributed by atoms with Crippen molar-refractivity contribution in [2.75, 3.05) is 7.11 Å². The van der Waals surface area contributed by atoms with Gasteiger partial charge in [0.2, 0.25) is 0 Å². The summed E-state index contributed by atoms with van der Waals surface area (Å²) in [6.45, 7) is 1.78. The van der Waals surface area contributed by atoms with E-state index in [1.54, 1.807) is 36.0 Å². The minimum atomic E-state index is -0.614. The van der Waals surface area contributed by atoms with Crippen LogP contribution in [0.3, 0.4) is 0 Å². The second-order valence-electron chi connectivity index (χ2n) is 4.85. The van der Waals surface area contributed by atoms with Gasteiger partial charge in [-0.3, -0.25) is 0 Å². The second-order valence-corrected chi connectivity index (χ2v) is 4.85. The molecule has 0 aliphatic rings. The molecule has 0 aliphatic carbocycles. The first-order chi connectivity index (χ1) is 11.1. The molecule has 0 bridgehead atoms. The summed E-state index contributed by atoms with van der Waals surface area (Å²) in [5.41, 5.74) is 7.58. The second kappa shape index (κ2) is 5.87. The van der Waals surface area contributed by atoms with Gasteiger partial charge in [0.1, 0.15) is 12.0 Å². The van der Waals surface area contributed by atoms with Gasteiger partial charge in [-0.1, -0.05) is 0 Å². The first kappa shape index (κ1) is 14.7. The maximum absolute atomic E-state index is 11.0. The minimum absolute atomic E-state index is 0.340. The van der Waals surface area contributed by atoms with E-state index in [4.69, 9.17) is 10.5 Å². The molecule has 0 spiro atoms. The van der Waals surface area contributed by atoms with Gasteiger partial charge in [-0.15, -0.1) is 0 Å². The predicted molar refractivity (Wildman–Crippen MR) is 81.7 cm³/mol. The van der Waals surface area contributed by atoms with E-state index in [1.165, 1.54) is 13.4 Å². The van der Waals surface area contributed by atoms with Crippen molar-refractivity contribution in [2.24, 2.45) is 5.73 Å². The number of ether oxygens (including phenoxy) is 1. The van der Waals surface area contributed by atoms with Crippen molar-refractivity contribution < 1.29 is 9.53 Å². The Labute approximate surface area is 131 Å². The Morgan fingerprint density at radius 1 is 1.35 bits per heavy atom. The van der Waals surface area contributed by atoms with Crippen LogP contribution in [0.4, 0.5) is 4.79 Å². The Morgan fingerprint density at radius 3 is 2.91 bits per heavy atom. The van der Waals surface area contributed by atoms with Crippen LogP contribution in [0.15, 0.2) is 31.0 Å². The van der Waals surface area contributed by atoms with E-state index in [0.717, 1.165) is 0 Å². The Balaban J connectivity index is 2.03. The zero-order chi connectivity index (χ0) is 16.4. The van der Waals surface area contributed by atoms with Gasteiger partial charge in [0.25, 0.3) is 5.88 Å². The molecule has 3 N–H and O–H groups in total. The lowest BCUT2D eigenvalue weighted by molar-refractivity contribution is 0.246. The van der Waals surface area contributed by atoms with E-state index < -0.39 is 6.03 Å². The average molecular weight is 313 g/mol. The molecule has 3 rings (SSSR count). The number of urea groups is 1. The SMILES string of the molecule is COc1nc(-c2cc(C(C)NC(N)=O)ncn2)cn2ccnc12. The lowest BCUT2D eigenvalue weighted by Gasteiger charge is -2.12. The third-order valence-electron chi connectivity index (χ3n) is 3.29.